The van der Waals surface area contributed by atoms with Gasteiger partial charge >= 0.3 is 0 Å². The number of carbonyl (C=O) groups excluding carboxylic acids is 1. The fraction of sp³-hybridized carbons (Fsp3) is 0.591. The Morgan fingerprint density at radius 2 is 1.81 bits per heavy atom. The van der Waals surface area contributed by atoms with E-state index in [9.17, 15) is 4.79 Å². The molecule has 1 aliphatic heterocycles. The molecule has 2 fully saturated rings. The molecule has 1 aliphatic carbocycles. The van der Waals surface area contributed by atoms with Crippen LogP contribution in [0.25, 0.3) is 10.9 Å². The quantitative estimate of drug-likeness (QED) is 0.706. The first-order valence-electron chi connectivity index (χ1n) is 10.4. The number of aromatic amines is 1. The van der Waals surface area contributed by atoms with Crippen molar-refractivity contribution < 1.29 is 14.6 Å². The number of piperazine rings is 1. The van der Waals surface area contributed by atoms with Gasteiger partial charge in [0.2, 0.25) is 5.78 Å². The van der Waals surface area contributed by atoms with E-state index in [1.165, 1.54) is 55.7 Å². The summed E-state index contributed by atoms with van der Waals surface area (Å²) >= 11 is 0. The van der Waals surface area contributed by atoms with Gasteiger partial charge in [0.1, 0.15) is 32.7 Å². The lowest BCUT2D eigenvalue weighted by Crippen LogP contribution is -3.30. The summed E-state index contributed by atoms with van der Waals surface area (Å²) in [6.45, 7) is 9.51. The van der Waals surface area contributed by atoms with E-state index in [1.807, 2.05) is 6.92 Å². The number of rotatable bonds is 4. The van der Waals surface area contributed by atoms with Gasteiger partial charge in [-0.15, -0.1) is 0 Å². The van der Waals surface area contributed by atoms with E-state index in [0.29, 0.717) is 12.3 Å². The minimum Gasteiger partial charge on any atom is -0.358 e. The van der Waals surface area contributed by atoms with Crippen molar-refractivity contribution in [2.45, 2.75) is 52.0 Å². The average Bonchev–Trinajstić information content (AvgIpc) is 2.98. The predicted octanol–water partition coefficient (Wildman–Crippen LogP) is 1.08. The summed E-state index contributed by atoms with van der Waals surface area (Å²) in [7, 11) is 0. The first kappa shape index (κ1) is 17.7. The molecule has 0 radical (unpaired) electrons. The highest BCUT2D eigenvalue weighted by Gasteiger charge is 2.31. The van der Waals surface area contributed by atoms with Gasteiger partial charge in [0.25, 0.3) is 0 Å². The van der Waals surface area contributed by atoms with Crippen molar-refractivity contribution in [1.29, 1.82) is 0 Å². The Balaban J connectivity index is 1.39. The molecule has 0 spiro atoms. The molecule has 4 rings (SSSR count). The number of fused-ring (bicyclic) bond motifs is 1. The fourth-order valence-corrected chi connectivity index (χ4v) is 5.14. The number of hydrogen-bond acceptors (Lipinski definition) is 1. The number of Topliss-reactive ketones (excluding diaryl/α,β-unsaturated/α-hetero) is 1. The van der Waals surface area contributed by atoms with Crippen molar-refractivity contribution >= 4 is 16.7 Å². The Labute approximate surface area is 156 Å². The van der Waals surface area contributed by atoms with E-state index in [-0.39, 0.29) is 0 Å². The minimum absolute atomic E-state index is 0.300. The van der Waals surface area contributed by atoms with Crippen LogP contribution in [-0.4, -0.2) is 49.5 Å². The zero-order chi connectivity index (χ0) is 18.1. The Hall–Kier alpha value is -1.65. The van der Waals surface area contributed by atoms with Crippen molar-refractivity contribution in [3.63, 3.8) is 0 Å². The molecule has 0 unspecified atom stereocenters. The third-order valence-corrected chi connectivity index (χ3v) is 6.61. The van der Waals surface area contributed by atoms with Crippen LogP contribution in [0.2, 0.25) is 0 Å². The number of benzene rings is 1. The van der Waals surface area contributed by atoms with Crippen molar-refractivity contribution in [2.75, 3.05) is 32.7 Å². The lowest BCUT2D eigenvalue weighted by Gasteiger charge is -2.36. The second-order valence-electron chi connectivity index (χ2n) is 8.52. The molecule has 1 aromatic heterocycles. The lowest BCUT2D eigenvalue weighted by atomic mass is 9.94. The van der Waals surface area contributed by atoms with Gasteiger partial charge in [0.05, 0.1) is 11.6 Å². The Kier molecular flexibility index (Phi) is 5.14. The lowest BCUT2D eigenvalue weighted by molar-refractivity contribution is -1.02. The molecule has 140 valence electrons. The van der Waals surface area contributed by atoms with Crippen LogP contribution >= 0.6 is 0 Å². The van der Waals surface area contributed by atoms with Crippen LogP contribution in [0.3, 0.4) is 0 Å². The summed E-state index contributed by atoms with van der Waals surface area (Å²) in [5, 5.41) is 1.09. The third-order valence-electron chi connectivity index (χ3n) is 6.61. The molecule has 1 saturated carbocycles. The van der Waals surface area contributed by atoms with E-state index in [2.05, 4.69) is 30.1 Å². The number of aryl methyl sites for hydroxylation is 2. The second kappa shape index (κ2) is 7.53. The van der Waals surface area contributed by atoms with Crippen LogP contribution in [0.4, 0.5) is 0 Å². The Morgan fingerprint density at radius 1 is 1.08 bits per heavy atom. The highest BCUT2D eigenvalue weighted by Crippen LogP contribution is 2.23. The number of H-pyrrole nitrogens is 1. The van der Waals surface area contributed by atoms with E-state index < -0.39 is 0 Å². The Morgan fingerprint density at radius 3 is 2.54 bits per heavy atom. The highest BCUT2D eigenvalue weighted by molar-refractivity contribution is 6.09. The average molecular weight is 356 g/mol. The van der Waals surface area contributed by atoms with Crippen molar-refractivity contribution in [3.8, 4) is 0 Å². The predicted molar refractivity (Wildman–Crippen MR) is 105 cm³/mol. The molecule has 26 heavy (non-hydrogen) atoms. The summed E-state index contributed by atoms with van der Waals surface area (Å²) in [6.07, 6.45) is 7.10. The maximum Gasteiger partial charge on any atom is 0.219 e. The number of carbonyl (C=O) groups is 1. The second-order valence-corrected chi connectivity index (χ2v) is 8.52. The summed E-state index contributed by atoms with van der Waals surface area (Å²) in [5.74, 6) is 0.300. The van der Waals surface area contributed by atoms with Crippen LogP contribution in [0.1, 0.15) is 53.7 Å². The van der Waals surface area contributed by atoms with Gasteiger partial charge in [0, 0.05) is 16.6 Å². The van der Waals surface area contributed by atoms with Gasteiger partial charge in [0.15, 0.2) is 0 Å². The molecule has 3 N–H and O–H groups in total. The van der Waals surface area contributed by atoms with Crippen molar-refractivity contribution in [3.05, 3.63) is 35.0 Å². The van der Waals surface area contributed by atoms with E-state index in [1.54, 1.807) is 4.90 Å². The SMILES string of the molecule is Cc1ccc2c(C(=O)C[NH+]3CC[NH+](C4CCCCC4)CC3)c(C)[nH]c2c1. The van der Waals surface area contributed by atoms with Gasteiger partial charge in [-0.2, -0.15) is 0 Å². The molecule has 2 aliphatic rings. The molecule has 2 aromatic rings. The van der Waals surface area contributed by atoms with Gasteiger partial charge in [-0.3, -0.25) is 4.79 Å². The number of hydrogen-bond donors (Lipinski definition) is 3. The molecule has 2 heterocycles. The Bertz CT molecular complexity index is 780. The zero-order valence-electron chi connectivity index (χ0n) is 16.3. The first-order valence-corrected chi connectivity index (χ1v) is 10.4. The number of nitrogens with one attached hydrogen (secondary N) is 3. The van der Waals surface area contributed by atoms with E-state index in [0.717, 1.165) is 41.3 Å². The van der Waals surface area contributed by atoms with Crippen LogP contribution < -0.4 is 9.80 Å². The molecule has 1 saturated heterocycles. The maximum atomic E-state index is 13.0. The molecule has 0 atom stereocenters. The summed E-state index contributed by atoms with van der Waals surface area (Å²) in [6, 6.07) is 7.23. The van der Waals surface area contributed by atoms with Crippen molar-refractivity contribution in [2.24, 2.45) is 0 Å². The molecule has 1 aromatic carbocycles. The van der Waals surface area contributed by atoms with Crippen LogP contribution in [-0.2, 0) is 0 Å². The van der Waals surface area contributed by atoms with Gasteiger partial charge in [-0.1, -0.05) is 18.6 Å². The summed E-state index contributed by atoms with van der Waals surface area (Å²) < 4.78 is 0. The van der Waals surface area contributed by atoms with Crippen LogP contribution in [0, 0.1) is 13.8 Å². The first-order chi connectivity index (χ1) is 12.6. The standard InChI is InChI=1S/C22H31N3O/c1-16-8-9-19-20(14-16)23-17(2)22(19)21(26)15-24-10-12-25(13-11-24)18-6-4-3-5-7-18/h8-9,14,18,23H,3-7,10-13,15H2,1-2H3/p+2. The molecule has 0 bridgehead atoms. The normalized spacial score (nSPS) is 24.8. The summed E-state index contributed by atoms with van der Waals surface area (Å²) in [5.41, 5.74) is 4.24. The minimum atomic E-state index is 0.300. The van der Waals surface area contributed by atoms with Gasteiger partial charge in [-0.25, -0.2) is 0 Å². The van der Waals surface area contributed by atoms with E-state index >= 15 is 0 Å². The third kappa shape index (κ3) is 3.58. The van der Waals surface area contributed by atoms with E-state index in [4.69, 9.17) is 0 Å². The maximum absolute atomic E-state index is 13.0. The fourth-order valence-electron chi connectivity index (χ4n) is 5.14. The molecule has 0 amide bonds. The van der Waals surface area contributed by atoms with Crippen LogP contribution in [0.5, 0.6) is 0 Å². The van der Waals surface area contributed by atoms with Crippen molar-refractivity contribution in [1.82, 2.24) is 4.98 Å². The topological polar surface area (TPSA) is 41.7 Å². The molecular weight excluding hydrogens is 322 g/mol. The van der Waals surface area contributed by atoms with Crippen LogP contribution in [0.15, 0.2) is 18.2 Å². The highest BCUT2D eigenvalue weighted by atomic mass is 16.1. The largest absolute Gasteiger partial charge is 0.358 e. The molecular formula is C22H33N3O+2. The van der Waals surface area contributed by atoms with Gasteiger partial charge < -0.3 is 14.8 Å². The smallest absolute Gasteiger partial charge is 0.219 e. The monoisotopic (exact) mass is 355 g/mol. The molecule has 4 nitrogen and oxygen atoms in total. The zero-order valence-corrected chi connectivity index (χ0v) is 16.3. The number of ketones is 1. The van der Waals surface area contributed by atoms with Gasteiger partial charge in [-0.05, 0) is 51.2 Å². The number of quaternary nitrogens is 2. The summed E-state index contributed by atoms with van der Waals surface area (Å²) in [4.78, 5) is 19.7. The number of aromatic nitrogens is 1. The molecule has 4 heteroatoms.